The van der Waals surface area contributed by atoms with Gasteiger partial charge >= 0.3 is 0 Å². The molecule has 0 radical (unpaired) electrons. The molecule has 0 bridgehead atoms. The van der Waals surface area contributed by atoms with Crippen molar-refractivity contribution in [2.24, 2.45) is 0 Å². The quantitative estimate of drug-likeness (QED) is 0.810. The van der Waals surface area contributed by atoms with Gasteiger partial charge in [-0.3, -0.25) is 0 Å². The Kier molecular flexibility index (Phi) is 3.05. The van der Waals surface area contributed by atoms with Gasteiger partial charge in [-0.15, -0.1) is 0 Å². The first-order valence-electron chi connectivity index (χ1n) is 4.29. The molecular formula is C8H9Cl2N3O. The molecule has 1 aromatic heterocycles. The largest absolute Gasteiger partial charge is 0.472 e. The summed E-state index contributed by atoms with van der Waals surface area (Å²) in [5, 5.41) is 0.301. The van der Waals surface area contributed by atoms with Gasteiger partial charge in [0.1, 0.15) is 6.10 Å². The van der Waals surface area contributed by atoms with Crippen molar-refractivity contribution < 1.29 is 4.74 Å². The van der Waals surface area contributed by atoms with E-state index in [1.807, 2.05) is 0 Å². The highest BCUT2D eigenvalue weighted by Gasteiger charge is 2.31. The Morgan fingerprint density at radius 1 is 1.36 bits per heavy atom. The second-order valence-electron chi connectivity index (χ2n) is 3.17. The summed E-state index contributed by atoms with van der Waals surface area (Å²) in [6.45, 7) is 0. The van der Waals surface area contributed by atoms with Gasteiger partial charge in [-0.25, -0.2) is 14.8 Å². The standard InChI is InChI=1S/C8H9Cl2N3O/c9-7-8(12-2-1-11-7)14-6-3-5(4-6)13-10/h1-2,5-6,13H,3-4H2/t5-,6+. The lowest BCUT2D eigenvalue weighted by Gasteiger charge is -2.33. The summed E-state index contributed by atoms with van der Waals surface area (Å²) < 4.78 is 5.51. The number of aromatic nitrogens is 2. The predicted octanol–water partition coefficient (Wildman–Crippen LogP) is 1.78. The van der Waals surface area contributed by atoms with Crippen molar-refractivity contribution in [1.29, 1.82) is 0 Å². The molecule has 0 aliphatic heterocycles. The molecule has 14 heavy (non-hydrogen) atoms. The van der Waals surface area contributed by atoms with Crippen molar-refractivity contribution in [2.45, 2.75) is 25.0 Å². The second-order valence-corrected chi connectivity index (χ2v) is 3.75. The number of hydrogen-bond acceptors (Lipinski definition) is 4. The summed E-state index contributed by atoms with van der Waals surface area (Å²) in [5.41, 5.74) is 0. The van der Waals surface area contributed by atoms with Crippen LogP contribution in [0.4, 0.5) is 0 Å². The van der Waals surface area contributed by atoms with Crippen molar-refractivity contribution >= 4 is 23.4 Å². The molecule has 0 amide bonds. The maximum atomic E-state index is 5.78. The molecule has 0 aromatic carbocycles. The fraction of sp³-hybridized carbons (Fsp3) is 0.500. The monoisotopic (exact) mass is 233 g/mol. The summed E-state index contributed by atoms with van der Waals surface area (Å²) in [5.74, 6) is 0.396. The third-order valence-electron chi connectivity index (χ3n) is 2.15. The minimum atomic E-state index is 0.139. The van der Waals surface area contributed by atoms with E-state index in [0.29, 0.717) is 17.1 Å². The molecule has 1 aromatic rings. The summed E-state index contributed by atoms with van der Waals surface area (Å²) >= 11 is 11.2. The first-order valence-corrected chi connectivity index (χ1v) is 5.04. The van der Waals surface area contributed by atoms with Crippen LogP contribution in [0, 0.1) is 0 Å². The Hall–Kier alpha value is -0.580. The fourth-order valence-electron chi connectivity index (χ4n) is 1.30. The molecule has 2 rings (SSSR count). The second kappa shape index (κ2) is 4.29. The van der Waals surface area contributed by atoms with E-state index >= 15 is 0 Å². The molecule has 0 spiro atoms. The minimum Gasteiger partial charge on any atom is -0.472 e. The molecule has 1 aliphatic rings. The molecule has 1 heterocycles. The topological polar surface area (TPSA) is 47.0 Å². The molecule has 0 atom stereocenters. The highest BCUT2D eigenvalue weighted by molar-refractivity contribution is 6.30. The van der Waals surface area contributed by atoms with Crippen molar-refractivity contribution in [3.05, 3.63) is 17.5 Å². The molecule has 0 saturated heterocycles. The van der Waals surface area contributed by atoms with Crippen molar-refractivity contribution in [1.82, 2.24) is 14.8 Å². The lowest BCUT2D eigenvalue weighted by atomic mass is 9.90. The molecule has 4 nitrogen and oxygen atoms in total. The maximum absolute atomic E-state index is 5.78. The summed E-state index contributed by atoms with van der Waals surface area (Å²) in [6.07, 6.45) is 4.96. The Bertz CT molecular complexity index is 317. The van der Waals surface area contributed by atoms with E-state index in [-0.39, 0.29) is 6.10 Å². The van der Waals surface area contributed by atoms with E-state index in [1.165, 1.54) is 6.20 Å². The van der Waals surface area contributed by atoms with Crippen LogP contribution in [0.5, 0.6) is 5.88 Å². The van der Waals surface area contributed by atoms with E-state index in [4.69, 9.17) is 28.1 Å². The molecule has 1 aliphatic carbocycles. The van der Waals surface area contributed by atoms with Crippen molar-refractivity contribution in [3.63, 3.8) is 0 Å². The van der Waals surface area contributed by atoms with Crippen LogP contribution in [-0.2, 0) is 0 Å². The minimum absolute atomic E-state index is 0.139. The SMILES string of the molecule is ClN[C@H]1C[C@@H](Oc2nccnc2Cl)C1. The normalized spacial score (nSPS) is 25.6. The number of ether oxygens (including phenoxy) is 1. The summed E-state index contributed by atoms with van der Waals surface area (Å²) in [6, 6.07) is 0.331. The van der Waals surface area contributed by atoms with Crippen LogP contribution in [0.3, 0.4) is 0 Å². The molecular weight excluding hydrogens is 225 g/mol. The molecule has 1 N–H and O–H groups in total. The highest BCUT2D eigenvalue weighted by atomic mass is 35.5. The molecule has 1 fully saturated rings. The van der Waals surface area contributed by atoms with Crippen LogP contribution >= 0.6 is 23.4 Å². The number of halogens is 2. The zero-order chi connectivity index (χ0) is 9.97. The Morgan fingerprint density at radius 3 is 2.71 bits per heavy atom. The van der Waals surface area contributed by atoms with E-state index in [0.717, 1.165) is 12.8 Å². The van der Waals surface area contributed by atoms with Crippen LogP contribution in [0.1, 0.15) is 12.8 Å². The van der Waals surface area contributed by atoms with Crippen LogP contribution in [0.15, 0.2) is 12.4 Å². The molecule has 1 saturated carbocycles. The van der Waals surface area contributed by atoms with Gasteiger partial charge in [0.05, 0.1) is 0 Å². The summed E-state index contributed by atoms with van der Waals surface area (Å²) in [4.78, 5) is 10.5. The molecule has 76 valence electrons. The van der Waals surface area contributed by atoms with E-state index in [1.54, 1.807) is 6.20 Å². The molecule has 0 unspecified atom stereocenters. The fourth-order valence-corrected chi connectivity index (χ4v) is 1.62. The van der Waals surface area contributed by atoms with Gasteiger partial charge in [-0.2, -0.15) is 0 Å². The number of nitrogens with zero attached hydrogens (tertiary/aromatic N) is 2. The zero-order valence-electron chi connectivity index (χ0n) is 7.28. The summed E-state index contributed by atoms with van der Waals surface area (Å²) in [7, 11) is 0. The third-order valence-corrected chi connectivity index (χ3v) is 2.72. The smallest absolute Gasteiger partial charge is 0.252 e. The maximum Gasteiger partial charge on any atom is 0.252 e. The van der Waals surface area contributed by atoms with Gasteiger partial charge in [-0.05, 0) is 11.8 Å². The average Bonchev–Trinajstić information content (AvgIpc) is 2.13. The van der Waals surface area contributed by atoms with Crippen molar-refractivity contribution in [2.75, 3.05) is 0 Å². The predicted molar refractivity (Wildman–Crippen MR) is 53.5 cm³/mol. The first kappa shape index (κ1) is 9.96. The van der Waals surface area contributed by atoms with E-state index in [9.17, 15) is 0 Å². The number of nitrogens with one attached hydrogen (secondary N) is 1. The van der Waals surface area contributed by atoms with Crippen molar-refractivity contribution in [3.8, 4) is 5.88 Å². The lowest BCUT2D eigenvalue weighted by molar-refractivity contribution is 0.0896. The number of hydrogen-bond donors (Lipinski definition) is 1. The Morgan fingerprint density at radius 2 is 2.07 bits per heavy atom. The van der Waals surface area contributed by atoms with Crippen LogP contribution in [0.25, 0.3) is 0 Å². The van der Waals surface area contributed by atoms with Gasteiger partial charge in [0, 0.05) is 31.3 Å². The Balaban J connectivity index is 1.90. The van der Waals surface area contributed by atoms with Crippen LogP contribution < -0.4 is 9.57 Å². The van der Waals surface area contributed by atoms with Gasteiger partial charge in [-0.1, -0.05) is 11.6 Å². The highest BCUT2D eigenvalue weighted by Crippen LogP contribution is 2.27. The number of rotatable bonds is 3. The third kappa shape index (κ3) is 2.08. The Labute approximate surface area is 91.7 Å². The van der Waals surface area contributed by atoms with Gasteiger partial charge in [0.2, 0.25) is 0 Å². The van der Waals surface area contributed by atoms with E-state index in [2.05, 4.69) is 14.8 Å². The van der Waals surface area contributed by atoms with Gasteiger partial charge < -0.3 is 4.74 Å². The lowest BCUT2D eigenvalue weighted by Crippen LogP contribution is -2.43. The average molecular weight is 234 g/mol. The van der Waals surface area contributed by atoms with Crippen LogP contribution in [-0.4, -0.2) is 22.1 Å². The zero-order valence-corrected chi connectivity index (χ0v) is 8.79. The van der Waals surface area contributed by atoms with Crippen LogP contribution in [0.2, 0.25) is 5.15 Å². The molecule has 6 heteroatoms. The van der Waals surface area contributed by atoms with Gasteiger partial charge in [0.25, 0.3) is 5.88 Å². The van der Waals surface area contributed by atoms with Gasteiger partial charge in [0.15, 0.2) is 5.15 Å². The van der Waals surface area contributed by atoms with E-state index < -0.39 is 0 Å². The first-order chi connectivity index (χ1) is 6.79.